The number of nitrogens with one attached hydrogen (secondary N) is 1. The van der Waals surface area contributed by atoms with Gasteiger partial charge in [0.05, 0.1) is 6.61 Å². The molecule has 2 aromatic rings. The van der Waals surface area contributed by atoms with Crippen LogP contribution in [0, 0.1) is 23.6 Å². The van der Waals surface area contributed by atoms with Crippen molar-refractivity contribution in [2.75, 3.05) is 31.6 Å². The number of nitrogens with zero attached hydrogens (tertiary/aromatic N) is 2. The highest BCUT2D eigenvalue weighted by atomic mass is 19.1. The lowest BCUT2D eigenvalue weighted by Gasteiger charge is -2.57. The normalized spacial score (nSPS) is 25.0. The van der Waals surface area contributed by atoms with Crippen LogP contribution in [0.3, 0.4) is 0 Å². The molecule has 0 aromatic heterocycles. The van der Waals surface area contributed by atoms with Crippen molar-refractivity contribution < 1.29 is 14.3 Å². The summed E-state index contributed by atoms with van der Waals surface area (Å²) in [6.07, 6.45) is 4.33. The Morgan fingerprint density at radius 2 is 1.79 bits per heavy atom. The quantitative estimate of drug-likeness (QED) is 0.699. The summed E-state index contributed by atoms with van der Waals surface area (Å²) in [5, 5.41) is 13.0. The molecule has 33 heavy (non-hydrogen) atoms. The third-order valence-corrected chi connectivity index (χ3v) is 7.05. The first-order valence-electron chi connectivity index (χ1n) is 11.9. The number of halogens is 1. The zero-order valence-corrected chi connectivity index (χ0v) is 18.7. The second kappa shape index (κ2) is 9.54. The van der Waals surface area contributed by atoms with Crippen molar-refractivity contribution in [3.8, 4) is 11.8 Å². The van der Waals surface area contributed by atoms with E-state index in [4.69, 9.17) is 0 Å². The molecular weight excluding hydrogens is 417 g/mol. The van der Waals surface area contributed by atoms with Crippen molar-refractivity contribution in [3.05, 3.63) is 65.5 Å². The SMILES string of the molecule is O=C(Nc1ccc(F)cc1)N1CCCCN2[C@H](C1)[C@H](c1ccc(C#CC3CC3)cc1)[C@@H]2CO. The minimum Gasteiger partial charge on any atom is -0.395 e. The van der Waals surface area contributed by atoms with Crippen molar-refractivity contribution in [3.63, 3.8) is 0 Å². The molecule has 3 atom stereocenters. The molecule has 2 N–H and O–H groups in total. The molecule has 172 valence electrons. The number of carbonyl (C=O) groups is 1. The van der Waals surface area contributed by atoms with Crippen molar-refractivity contribution in [2.24, 2.45) is 5.92 Å². The topological polar surface area (TPSA) is 55.8 Å². The molecule has 2 aliphatic heterocycles. The number of amides is 2. The van der Waals surface area contributed by atoms with Crippen LogP contribution in [0.4, 0.5) is 14.9 Å². The van der Waals surface area contributed by atoms with Crippen LogP contribution in [0.5, 0.6) is 0 Å². The highest BCUT2D eigenvalue weighted by Gasteiger charge is 2.49. The van der Waals surface area contributed by atoms with E-state index in [-0.39, 0.29) is 36.5 Å². The van der Waals surface area contributed by atoms with Gasteiger partial charge in [0.25, 0.3) is 0 Å². The molecule has 6 heteroatoms. The summed E-state index contributed by atoms with van der Waals surface area (Å²) >= 11 is 0. The van der Waals surface area contributed by atoms with E-state index in [1.54, 1.807) is 12.1 Å². The lowest BCUT2D eigenvalue weighted by atomic mass is 9.74. The van der Waals surface area contributed by atoms with Gasteiger partial charge in [0, 0.05) is 48.3 Å². The van der Waals surface area contributed by atoms with Gasteiger partial charge in [-0.3, -0.25) is 4.90 Å². The van der Waals surface area contributed by atoms with E-state index in [1.807, 2.05) is 4.90 Å². The Morgan fingerprint density at radius 1 is 1.06 bits per heavy atom. The van der Waals surface area contributed by atoms with E-state index in [9.17, 15) is 14.3 Å². The molecule has 2 saturated heterocycles. The summed E-state index contributed by atoms with van der Waals surface area (Å²) in [4.78, 5) is 17.2. The molecule has 2 amide bonds. The first-order chi connectivity index (χ1) is 16.1. The van der Waals surface area contributed by atoms with Crippen LogP contribution in [0.2, 0.25) is 0 Å². The van der Waals surface area contributed by atoms with Gasteiger partial charge in [-0.2, -0.15) is 0 Å². The lowest BCUT2D eigenvalue weighted by molar-refractivity contribution is -0.0585. The van der Waals surface area contributed by atoms with Crippen molar-refractivity contribution in [2.45, 2.75) is 43.7 Å². The van der Waals surface area contributed by atoms with E-state index >= 15 is 0 Å². The highest BCUT2D eigenvalue weighted by Crippen LogP contribution is 2.42. The largest absolute Gasteiger partial charge is 0.395 e. The Hall–Kier alpha value is -2.88. The van der Waals surface area contributed by atoms with Gasteiger partial charge < -0.3 is 15.3 Å². The van der Waals surface area contributed by atoms with Gasteiger partial charge >= 0.3 is 6.03 Å². The van der Waals surface area contributed by atoms with Crippen molar-refractivity contribution >= 4 is 11.7 Å². The molecule has 2 heterocycles. The standard InChI is InChI=1S/C27H30FN3O2/c28-22-11-13-23(14-12-22)29-27(33)30-15-1-2-16-31-24(17-30)26(25(31)18-32)21-9-7-20(8-10-21)6-5-19-3-4-19/h7-14,19,24-26,32H,1-4,15-18H2,(H,29,33)/t24-,25+,26+/m1/s1. The minimum atomic E-state index is -0.327. The molecule has 5 rings (SSSR count). The van der Waals surface area contributed by atoms with Gasteiger partial charge in [0.1, 0.15) is 5.82 Å². The lowest BCUT2D eigenvalue weighted by Crippen LogP contribution is -2.68. The van der Waals surface area contributed by atoms with Gasteiger partial charge in [0.15, 0.2) is 0 Å². The number of hydrogen-bond donors (Lipinski definition) is 2. The van der Waals surface area contributed by atoms with Crippen LogP contribution in [0.15, 0.2) is 48.5 Å². The summed E-state index contributed by atoms with van der Waals surface area (Å²) in [5.41, 5.74) is 2.80. The molecule has 0 unspecified atom stereocenters. The maximum atomic E-state index is 13.2. The molecule has 3 aliphatic rings. The first-order valence-corrected chi connectivity index (χ1v) is 11.9. The van der Waals surface area contributed by atoms with E-state index < -0.39 is 0 Å². The molecule has 0 bridgehead atoms. The summed E-state index contributed by atoms with van der Waals surface area (Å²) < 4.78 is 13.2. The summed E-state index contributed by atoms with van der Waals surface area (Å²) in [5.74, 6) is 6.98. The van der Waals surface area contributed by atoms with Gasteiger partial charge in [-0.05, 0) is 74.2 Å². The second-order valence-electron chi connectivity index (χ2n) is 9.34. The number of carbonyl (C=O) groups excluding carboxylic acids is 1. The molecule has 1 saturated carbocycles. The van der Waals surface area contributed by atoms with Crippen LogP contribution in [0.1, 0.15) is 42.7 Å². The smallest absolute Gasteiger partial charge is 0.321 e. The third kappa shape index (κ3) is 4.90. The van der Waals surface area contributed by atoms with Crippen LogP contribution >= 0.6 is 0 Å². The van der Waals surface area contributed by atoms with E-state index in [0.29, 0.717) is 24.7 Å². The van der Waals surface area contributed by atoms with Crippen molar-refractivity contribution in [1.82, 2.24) is 9.80 Å². The van der Waals surface area contributed by atoms with Crippen LogP contribution in [-0.4, -0.2) is 59.3 Å². The Labute approximate surface area is 194 Å². The maximum Gasteiger partial charge on any atom is 0.321 e. The minimum absolute atomic E-state index is 0.0681. The predicted molar refractivity (Wildman–Crippen MR) is 126 cm³/mol. The average molecular weight is 448 g/mol. The highest BCUT2D eigenvalue weighted by molar-refractivity contribution is 5.89. The van der Waals surface area contributed by atoms with Crippen LogP contribution < -0.4 is 5.32 Å². The monoisotopic (exact) mass is 447 g/mol. The number of urea groups is 1. The molecular formula is C27H30FN3O2. The van der Waals surface area contributed by atoms with Gasteiger partial charge in [0.2, 0.25) is 0 Å². The molecule has 0 radical (unpaired) electrons. The van der Waals surface area contributed by atoms with Crippen LogP contribution in [-0.2, 0) is 0 Å². The Morgan fingerprint density at radius 3 is 2.48 bits per heavy atom. The first kappa shape index (κ1) is 21.9. The van der Waals surface area contributed by atoms with Crippen LogP contribution in [0.25, 0.3) is 0 Å². The Kier molecular flexibility index (Phi) is 6.34. The number of rotatable bonds is 3. The number of benzene rings is 2. The van der Waals surface area contributed by atoms with E-state index in [0.717, 1.165) is 24.9 Å². The second-order valence-corrected chi connectivity index (χ2v) is 9.34. The number of aliphatic hydroxyl groups excluding tert-OH is 1. The molecule has 1 aliphatic carbocycles. The number of anilines is 1. The fraction of sp³-hybridized carbons (Fsp3) is 0.444. The zero-order valence-electron chi connectivity index (χ0n) is 18.7. The summed E-state index contributed by atoms with van der Waals surface area (Å²) in [6, 6.07) is 14.3. The average Bonchev–Trinajstić information content (AvgIpc) is 3.63. The van der Waals surface area contributed by atoms with Gasteiger partial charge in [-0.15, -0.1) is 0 Å². The fourth-order valence-electron chi connectivity index (χ4n) is 5.06. The molecule has 3 fully saturated rings. The Balaban J connectivity index is 1.31. The molecule has 2 aromatic carbocycles. The zero-order chi connectivity index (χ0) is 22.8. The summed E-state index contributed by atoms with van der Waals surface area (Å²) in [6.45, 7) is 2.32. The molecule has 0 spiro atoms. The number of fused-ring (bicyclic) bond motifs is 1. The number of hydrogen-bond acceptors (Lipinski definition) is 3. The van der Waals surface area contributed by atoms with Gasteiger partial charge in [-0.1, -0.05) is 24.0 Å². The molecule has 5 nitrogen and oxygen atoms in total. The van der Waals surface area contributed by atoms with E-state index in [1.165, 1.54) is 30.5 Å². The summed E-state index contributed by atoms with van der Waals surface area (Å²) in [7, 11) is 0. The predicted octanol–water partition coefficient (Wildman–Crippen LogP) is 4.04. The van der Waals surface area contributed by atoms with Gasteiger partial charge in [-0.25, -0.2) is 9.18 Å². The van der Waals surface area contributed by atoms with E-state index in [2.05, 4.69) is 46.3 Å². The number of aliphatic hydroxyl groups is 1. The fourth-order valence-corrected chi connectivity index (χ4v) is 5.06. The maximum absolute atomic E-state index is 13.2. The van der Waals surface area contributed by atoms with Crippen molar-refractivity contribution in [1.29, 1.82) is 0 Å². The third-order valence-electron chi connectivity index (χ3n) is 7.05. The Bertz CT molecular complexity index is 1040.